The lowest BCUT2D eigenvalue weighted by Gasteiger charge is -2.32. The van der Waals surface area contributed by atoms with Crippen molar-refractivity contribution >= 4 is 5.91 Å². The number of rotatable bonds is 8. The average molecular weight is 269 g/mol. The van der Waals surface area contributed by atoms with Crippen molar-refractivity contribution in [3.63, 3.8) is 0 Å². The molecule has 0 radical (unpaired) electrons. The van der Waals surface area contributed by atoms with Crippen molar-refractivity contribution in [2.75, 3.05) is 32.7 Å². The monoisotopic (exact) mass is 269 g/mol. The second-order valence-corrected chi connectivity index (χ2v) is 5.82. The topological polar surface area (TPSA) is 44.4 Å². The van der Waals surface area contributed by atoms with Gasteiger partial charge in [-0.1, -0.05) is 13.8 Å². The van der Waals surface area contributed by atoms with Crippen LogP contribution in [0.4, 0.5) is 0 Å². The van der Waals surface area contributed by atoms with Gasteiger partial charge in [0.25, 0.3) is 0 Å². The van der Waals surface area contributed by atoms with Gasteiger partial charge in [-0.2, -0.15) is 0 Å². The molecule has 2 unspecified atom stereocenters. The molecule has 1 heterocycles. The highest BCUT2D eigenvalue weighted by Crippen LogP contribution is 2.15. The molecule has 112 valence electrons. The molecule has 0 aromatic heterocycles. The first-order chi connectivity index (χ1) is 9.15. The lowest BCUT2D eigenvalue weighted by Crippen LogP contribution is -2.46. The lowest BCUT2D eigenvalue weighted by molar-refractivity contribution is -0.123. The molecule has 1 fully saturated rings. The molecule has 0 aromatic rings. The summed E-state index contributed by atoms with van der Waals surface area (Å²) in [7, 11) is 0. The zero-order chi connectivity index (χ0) is 14.1. The van der Waals surface area contributed by atoms with Crippen molar-refractivity contribution in [2.45, 2.75) is 52.5 Å². The van der Waals surface area contributed by atoms with Gasteiger partial charge in [-0.3, -0.25) is 9.69 Å². The Bertz CT molecular complexity index is 258. The normalized spacial score (nSPS) is 22.2. The van der Waals surface area contributed by atoms with Crippen molar-refractivity contribution in [3.8, 4) is 0 Å². The number of nitrogens with zero attached hydrogens (tertiary/aromatic N) is 1. The second kappa shape index (κ2) is 9.32. The van der Waals surface area contributed by atoms with E-state index >= 15 is 0 Å². The maximum atomic E-state index is 11.9. The molecular formula is C15H31N3O. The first-order valence-corrected chi connectivity index (χ1v) is 7.88. The van der Waals surface area contributed by atoms with E-state index in [0.717, 1.165) is 32.6 Å². The summed E-state index contributed by atoms with van der Waals surface area (Å²) in [5.74, 6) is 0.883. The van der Waals surface area contributed by atoms with Gasteiger partial charge in [-0.15, -0.1) is 0 Å². The Labute approximate surface area is 118 Å². The van der Waals surface area contributed by atoms with Crippen LogP contribution >= 0.6 is 0 Å². The SMILES string of the molecule is CCCNCC1CCCN(CC(=O)NC(C)CC)C1. The molecule has 1 saturated heterocycles. The van der Waals surface area contributed by atoms with E-state index in [0.29, 0.717) is 18.5 Å². The van der Waals surface area contributed by atoms with E-state index in [1.807, 2.05) is 0 Å². The first kappa shape index (κ1) is 16.4. The fourth-order valence-corrected chi connectivity index (χ4v) is 2.57. The molecule has 2 atom stereocenters. The van der Waals surface area contributed by atoms with Crippen molar-refractivity contribution in [1.82, 2.24) is 15.5 Å². The number of hydrogen-bond donors (Lipinski definition) is 2. The van der Waals surface area contributed by atoms with Crippen LogP contribution in [0, 0.1) is 5.92 Å². The highest BCUT2D eigenvalue weighted by atomic mass is 16.2. The molecule has 19 heavy (non-hydrogen) atoms. The molecule has 0 aliphatic carbocycles. The van der Waals surface area contributed by atoms with E-state index in [2.05, 4.69) is 36.3 Å². The minimum atomic E-state index is 0.177. The van der Waals surface area contributed by atoms with Gasteiger partial charge >= 0.3 is 0 Å². The maximum absolute atomic E-state index is 11.9. The summed E-state index contributed by atoms with van der Waals surface area (Å²) in [6, 6.07) is 0.291. The molecule has 1 aliphatic rings. The Morgan fingerprint density at radius 1 is 1.42 bits per heavy atom. The molecule has 1 rings (SSSR count). The van der Waals surface area contributed by atoms with Crippen LogP contribution < -0.4 is 10.6 Å². The van der Waals surface area contributed by atoms with E-state index in [1.54, 1.807) is 0 Å². The number of piperidine rings is 1. The summed E-state index contributed by atoms with van der Waals surface area (Å²) in [5, 5.41) is 6.54. The summed E-state index contributed by atoms with van der Waals surface area (Å²) in [6.07, 6.45) is 4.69. The molecule has 0 saturated carbocycles. The van der Waals surface area contributed by atoms with Crippen LogP contribution in [0.15, 0.2) is 0 Å². The fourth-order valence-electron chi connectivity index (χ4n) is 2.57. The lowest BCUT2D eigenvalue weighted by atomic mass is 9.98. The molecule has 0 spiro atoms. The molecule has 0 bridgehead atoms. The van der Waals surface area contributed by atoms with E-state index in [1.165, 1.54) is 19.3 Å². The third-order valence-corrected chi connectivity index (χ3v) is 3.85. The Morgan fingerprint density at radius 3 is 2.89 bits per heavy atom. The maximum Gasteiger partial charge on any atom is 0.234 e. The van der Waals surface area contributed by atoms with Crippen LogP contribution in [0.5, 0.6) is 0 Å². The van der Waals surface area contributed by atoms with Gasteiger partial charge in [0.05, 0.1) is 6.54 Å². The minimum absolute atomic E-state index is 0.177. The predicted molar refractivity (Wildman–Crippen MR) is 80.2 cm³/mol. The molecule has 1 amide bonds. The van der Waals surface area contributed by atoms with Gasteiger partial charge in [0, 0.05) is 12.6 Å². The molecule has 4 heteroatoms. The third kappa shape index (κ3) is 6.92. The molecule has 2 N–H and O–H groups in total. The van der Waals surface area contributed by atoms with Crippen molar-refractivity contribution in [3.05, 3.63) is 0 Å². The summed E-state index contributed by atoms with van der Waals surface area (Å²) in [6.45, 7) is 11.2. The van der Waals surface area contributed by atoms with Gasteiger partial charge in [0.15, 0.2) is 0 Å². The number of amides is 1. The smallest absolute Gasteiger partial charge is 0.234 e. The zero-order valence-corrected chi connectivity index (χ0v) is 12.9. The van der Waals surface area contributed by atoms with Crippen LogP contribution in [-0.4, -0.2) is 49.6 Å². The van der Waals surface area contributed by atoms with Gasteiger partial charge in [-0.25, -0.2) is 0 Å². The van der Waals surface area contributed by atoms with E-state index in [-0.39, 0.29) is 5.91 Å². The van der Waals surface area contributed by atoms with Crippen molar-refractivity contribution in [2.24, 2.45) is 5.92 Å². The van der Waals surface area contributed by atoms with Crippen LogP contribution in [0.1, 0.15) is 46.5 Å². The van der Waals surface area contributed by atoms with Crippen LogP contribution in [0.2, 0.25) is 0 Å². The molecule has 0 aromatic carbocycles. The zero-order valence-electron chi connectivity index (χ0n) is 12.9. The Kier molecular flexibility index (Phi) is 8.07. The predicted octanol–water partition coefficient (Wildman–Crippen LogP) is 1.61. The number of hydrogen-bond acceptors (Lipinski definition) is 3. The average Bonchev–Trinajstić information content (AvgIpc) is 2.39. The van der Waals surface area contributed by atoms with Gasteiger partial charge in [0.2, 0.25) is 5.91 Å². The van der Waals surface area contributed by atoms with E-state index in [9.17, 15) is 4.79 Å². The highest BCUT2D eigenvalue weighted by molar-refractivity contribution is 5.78. The highest BCUT2D eigenvalue weighted by Gasteiger charge is 2.21. The van der Waals surface area contributed by atoms with Crippen LogP contribution in [0.25, 0.3) is 0 Å². The Balaban J connectivity index is 2.24. The molecule has 4 nitrogen and oxygen atoms in total. The van der Waals surface area contributed by atoms with Gasteiger partial charge < -0.3 is 10.6 Å². The van der Waals surface area contributed by atoms with Crippen LogP contribution in [-0.2, 0) is 4.79 Å². The third-order valence-electron chi connectivity index (χ3n) is 3.85. The van der Waals surface area contributed by atoms with Crippen molar-refractivity contribution < 1.29 is 4.79 Å². The summed E-state index contributed by atoms with van der Waals surface area (Å²) >= 11 is 0. The quantitative estimate of drug-likeness (QED) is 0.658. The Morgan fingerprint density at radius 2 is 2.21 bits per heavy atom. The first-order valence-electron chi connectivity index (χ1n) is 7.88. The molecule has 1 aliphatic heterocycles. The number of likely N-dealkylation sites (tertiary alicyclic amines) is 1. The van der Waals surface area contributed by atoms with Crippen LogP contribution in [0.3, 0.4) is 0 Å². The second-order valence-electron chi connectivity index (χ2n) is 5.82. The minimum Gasteiger partial charge on any atom is -0.353 e. The number of carbonyl (C=O) groups is 1. The largest absolute Gasteiger partial charge is 0.353 e. The van der Waals surface area contributed by atoms with Crippen molar-refractivity contribution in [1.29, 1.82) is 0 Å². The number of nitrogens with one attached hydrogen (secondary N) is 2. The fraction of sp³-hybridized carbons (Fsp3) is 0.933. The summed E-state index contributed by atoms with van der Waals surface area (Å²) < 4.78 is 0. The van der Waals surface area contributed by atoms with E-state index in [4.69, 9.17) is 0 Å². The van der Waals surface area contributed by atoms with Gasteiger partial charge in [0.1, 0.15) is 0 Å². The van der Waals surface area contributed by atoms with Gasteiger partial charge in [-0.05, 0) is 58.2 Å². The van der Waals surface area contributed by atoms with E-state index < -0.39 is 0 Å². The summed E-state index contributed by atoms with van der Waals surface area (Å²) in [4.78, 5) is 14.2. The Hall–Kier alpha value is -0.610. The summed E-state index contributed by atoms with van der Waals surface area (Å²) in [5.41, 5.74) is 0. The number of carbonyl (C=O) groups excluding carboxylic acids is 1. The molecular weight excluding hydrogens is 238 g/mol. The standard InChI is InChI=1S/C15H31N3O/c1-4-8-16-10-14-7-6-9-18(11-14)12-15(19)17-13(3)5-2/h13-14,16H,4-12H2,1-3H3,(H,17,19).